The van der Waals surface area contributed by atoms with Crippen LogP contribution in [0.15, 0.2) is 15.8 Å². The van der Waals surface area contributed by atoms with Crippen molar-refractivity contribution in [1.29, 1.82) is 0 Å². The number of nitrogens with one attached hydrogen (secondary N) is 1. The van der Waals surface area contributed by atoms with E-state index in [0.29, 0.717) is 0 Å². The number of aromatic amines is 1. The molecule has 142 valence electrons. The number of carbonyl (C=O) groups excluding carboxylic acids is 2. The van der Waals surface area contributed by atoms with Crippen LogP contribution in [0.4, 0.5) is 9.18 Å². The Morgan fingerprint density at radius 3 is 2.77 bits per heavy atom. The first-order valence-electron chi connectivity index (χ1n) is 7.54. The van der Waals surface area contributed by atoms with Crippen LogP contribution in [0.5, 0.6) is 0 Å². The highest BCUT2D eigenvalue weighted by Gasteiger charge is 2.65. The average molecular weight is 484 g/mol. The first-order chi connectivity index (χ1) is 12.1. The number of rotatable bonds is 4. The van der Waals surface area contributed by atoms with Crippen molar-refractivity contribution in [2.75, 3.05) is 6.61 Å². The lowest BCUT2D eigenvalue weighted by Gasteiger charge is -2.23. The topological polar surface area (TPSA) is 126 Å². The number of aromatic nitrogens is 2. The predicted molar refractivity (Wildman–Crippen MR) is 88.9 cm³/mol. The van der Waals surface area contributed by atoms with Crippen molar-refractivity contribution < 1.29 is 32.9 Å². The largest absolute Gasteiger partial charge is 0.509 e. The van der Waals surface area contributed by atoms with Crippen molar-refractivity contribution in [3.63, 3.8) is 0 Å². The second kappa shape index (κ2) is 6.64. The molecule has 1 aromatic heterocycles. The zero-order valence-electron chi connectivity index (χ0n) is 13.6. The van der Waals surface area contributed by atoms with Crippen LogP contribution in [-0.4, -0.2) is 46.3 Å². The Hall–Kier alpha value is -1.96. The van der Waals surface area contributed by atoms with E-state index in [1.54, 1.807) is 36.4 Å². The summed E-state index contributed by atoms with van der Waals surface area (Å²) in [6, 6.07) is 0. The standard InChI is InChI=1S/C14H14FIN2O8/c1-5(2)11(20)23-4-14(15)8-7(24-13(22)25-8)10(26-14)18-3-6(16)9(19)17-12(18)21/h3,5,7-8,10H,4H2,1-2H3,(H,17,19,21)/t7-,8+,10-,14-/m1/s1. The van der Waals surface area contributed by atoms with Crippen LogP contribution >= 0.6 is 22.6 Å². The van der Waals surface area contributed by atoms with E-state index < -0.39 is 60.2 Å². The maximum atomic E-state index is 15.3. The molecule has 2 aliphatic heterocycles. The van der Waals surface area contributed by atoms with Crippen LogP contribution in [0.25, 0.3) is 0 Å². The third kappa shape index (κ3) is 3.22. The van der Waals surface area contributed by atoms with Crippen LogP contribution in [0, 0.1) is 9.49 Å². The number of carbonyl (C=O) groups is 2. The number of H-pyrrole nitrogens is 1. The van der Waals surface area contributed by atoms with Gasteiger partial charge in [0.05, 0.1) is 9.49 Å². The molecule has 0 aromatic carbocycles. The molecule has 4 atom stereocenters. The van der Waals surface area contributed by atoms with Crippen LogP contribution in [0.2, 0.25) is 0 Å². The van der Waals surface area contributed by atoms with E-state index in [2.05, 4.69) is 0 Å². The molecule has 0 amide bonds. The molecule has 0 unspecified atom stereocenters. The van der Waals surface area contributed by atoms with Crippen molar-refractivity contribution in [2.45, 2.75) is 38.1 Å². The minimum Gasteiger partial charge on any atom is -0.459 e. The summed E-state index contributed by atoms with van der Waals surface area (Å²) in [5.74, 6) is -3.89. The van der Waals surface area contributed by atoms with Gasteiger partial charge in [-0.15, -0.1) is 0 Å². The first-order valence-corrected chi connectivity index (χ1v) is 8.62. The molecule has 2 fully saturated rings. The van der Waals surface area contributed by atoms with Crippen LogP contribution in [-0.2, 0) is 23.7 Å². The van der Waals surface area contributed by atoms with Gasteiger partial charge in [0.15, 0.2) is 18.9 Å². The summed E-state index contributed by atoms with van der Waals surface area (Å²) in [6.45, 7) is 2.28. The summed E-state index contributed by atoms with van der Waals surface area (Å²) in [4.78, 5) is 48.6. The minimum atomic E-state index is -2.72. The molecular formula is C14H14FIN2O8. The molecule has 12 heteroatoms. The summed E-state index contributed by atoms with van der Waals surface area (Å²) in [6.07, 6.45) is -4.26. The molecule has 0 saturated carbocycles. The van der Waals surface area contributed by atoms with Gasteiger partial charge < -0.3 is 18.9 Å². The van der Waals surface area contributed by atoms with Gasteiger partial charge in [0.25, 0.3) is 11.4 Å². The maximum absolute atomic E-state index is 15.3. The summed E-state index contributed by atoms with van der Waals surface area (Å²) >= 11 is 1.68. The normalized spacial score (nSPS) is 30.0. The van der Waals surface area contributed by atoms with E-state index in [0.717, 1.165) is 10.8 Å². The van der Waals surface area contributed by atoms with Gasteiger partial charge in [0.1, 0.15) is 0 Å². The van der Waals surface area contributed by atoms with Gasteiger partial charge in [-0.3, -0.25) is 19.1 Å². The monoisotopic (exact) mass is 484 g/mol. The Balaban J connectivity index is 1.93. The summed E-state index contributed by atoms with van der Waals surface area (Å²) < 4.78 is 36.1. The molecule has 0 bridgehead atoms. The van der Waals surface area contributed by atoms with Gasteiger partial charge >= 0.3 is 17.8 Å². The fourth-order valence-electron chi connectivity index (χ4n) is 2.56. The number of alkyl halides is 1. The second-order valence-corrected chi connectivity index (χ2v) is 7.23. The van der Waals surface area contributed by atoms with E-state index in [1.165, 1.54) is 0 Å². The Morgan fingerprint density at radius 2 is 2.12 bits per heavy atom. The Labute approximate surface area is 158 Å². The molecule has 26 heavy (non-hydrogen) atoms. The maximum Gasteiger partial charge on any atom is 0.509 e. The highest BCUT2D eigenvalue weighted by molar-refractivity contribution is 14.1. The van der Waals surface area contributed by atoms with Gasteiger partial charge in [-0.05, 0) is 22.6 Å². The van der Waals surface area contributed by atoms with E-state index in [4.69, 9.17) is 18.9 Å². The van der Waals surface area contributed by atoms with Gasteiger partial charge in [-0.1, -0.05) is 13.8 Å². The third-order valence-electron chi connectivity index (χ3n) is 3.86. The molecule has 2 aliphatic rings. The number of nitrogens with zero attached hydrogens (tertiary/aromatic N) is 1. The summed E-state index contributed by atoms with van der Waals surface area (Å²) in [7, 11) is 0. The van der Waals surface area contributed by atoms with Crippen LogP contribution in [0.1, 0.15) is 20.1 Å². The van der Waals surface area contributed by atoms with Crippen LogP contribution in [0.3, 0.4) is 0 Å². The molecule has 10 nitrogen and oxygen atoms in total. The third-order valence-corrected chi connectivity index (χ3v) is 4.63. The quantitative estimate of drug-likeness (QED) is 0.482. The first kappa shape index (κ1) is 18.8. The molecule has 0 radical (unpaired) electrons. The predicted octanol–water partition coefficient (Wildman–Crippen LogP) is 0.439. The summed E-state index contributed by atoms with van der Waals surface area (Å²) in [5, 5.41) is 0. The zero-order valence-corrected chi connectivity index (χ0v) is 15.7. The fourth-order valence-corrected chi connectivity index (χ4v) is 3.00. The zero-order chi connectivity index (χ0) is 19.2. The van der Waals surface area contributed by atoms with Gasteiger partial charge in [-0.2, -0.15) is 0 Å². The molecular weight excluding hydrogens is 470 g/mol. The number of hydrogen-bond acceptors (Lipinski definition) is 8. The molecule has 1 N–H and O–H groups in total. The number of hydrogen-bond donors (Lipinski definition) is 1. The number of ether oxygens (including phenoxy) is 4. The van der Waals surface area contributed by atoms with E-state index in [-0.39, 0.29) is 3.57 Å². The molecule has 3 rings (SSSR count). The number of esters is 1. The van der Waals surface area contributed by atoms with Crippen molar-refractivity contribution >= 4 is 34.7 Å². The molecule has 3 heterocycles. The fraction of sp³-hybridized carbons (Fsp3) is 0.571. The van der Waals surface area contributed by atoms with E-state index >= 15 is 4.39 Å². The Morgan fingerprint density at radius 1 is 1.42 bits per heavy atom. The lowest BCUT2D eigenvalue weighted by Crippen LogP contribution is -2.43. The van der Waals surface area contributed by atoms with Crippen molar-refractivity contribution in [3.05, 3.63) is 30.6 Å². The van der Waals surface area contributed by atoms with Gasteiger partial charge in [-0.25, -0.2) is 14.0 Å². The van der Waals surface area contributed by atoms with Gasteiger partial charge in [0, 0.05) is 6.20 Å². The molecule has 0 aliphatic carbocycles. The van der Waals surface area contributed by atoms with E-state index in [9.17, 15) is 19.2 Å². The lowest BCUT2D eigenvalue weighted by atomic mass is 10.1. The highest BCUT2D eigenvalue weighted by Crippen LogP contribution is 2.44. The molecule has 2 saturated heterocycles. The molecule has 0 spiro atoms. The average Bonchev–Trinajstić information content (AvgIpc) is 3.06. The van der Waals surface area contributed by atoms with E-state index in [1.807, 2.05) is 4.98 Å². The van der Waals surface area contributed by atoms with Gasteiger partial charge in [0.2, 0.25) is 6.10 Å². The second-order valence-electron chi connectivity index (χ2n) is 6.07. The smallest absolute Gasteiger partial charge is 0.459 e. The van der Waals surface area contributed by atoms with Crippen molar-refractivity contribution in [2.24, 2.45) is 5.92 Å². The van der Waals surface area contributed by atoms with Crippen molar-refractivity contribution in [1.82, 2.24) is 9.55 Å². The van der Waals surface area contributed by atoms with Crippen molar-refractivity contribution in [3.8, 4) is 0 Å². The lowest BCUT2D eigenvalue weighted by molar-refractivity contribution is -0.220. The Kier molecular flexibility index (Phi) is 4.81. The highest BCUT2D eigenvalue weighted by atomic mass is 127. The SMILES string of the molecule is CC(C)C(=O)OC[C@@]1(F)O[C@@H](n2cc(I)c(=O)[nH]c2=O)[C@@H]2OC(=O)O[C@@H]21. The molecule has 1 aromatic rings. The Bertz CT molecular complexity index is 867. The number of halogens is 2. The van der Waals surface area contributed by atoms with Crippen LogP contribution < -0.4 is 11.2 Å². The summed E-state index contributed by atoms with van der Waals surface area (Å²) in [5.41, 5.74) is -1.51. The number of fused-ring (bicyclic) bond motifs is 1. The minimum absolute atomic E-state index is 0.134.